The van der Waals surface area contributed by atoms with E-state index in [4.69, 9.17) is 4.74 Å². The van der Waals surface area contributed by atoms with Crippen molar-refractivity contribution in [2.75, 3.05) is 6.61 Å². The Hall–Kier alpha value is -0.770. The van der Waals surface area contributed by atoms with Crippen molar-refractivity contribution in [2.24, 2.45) is 11.3 Å². The molecule has 0 spiro atoms. The molecule has 0 aromatic rings. The van der Waals surface area contributed by atoms with E-state index in [9.17, 15) is 9.90 Å². The molecular weight excluding hydrogens is 218 g/mol. The topological polar surface area (TPSA) is 58.6 Å². The van der Waals surface area contributed by atoms with E-state index < -0.39 is 11.7 Å². The van der Waals surface area contributed by atoms with E-state index in [2.05, 4.69) is 5.32 Å². The lowest BCUT2D eigenvalue weighted by Crippen LogP contribution is -2.55. The molecular formula is C13H23NO3. The Morgan fingerprint density at radius 1 is 1.47 bits per heavy atom. The highest BCUT2D eigenvalue weighted by Gasteiger charge is 2.56. The average molecular weight is 241 g/mol. The zero-order valence-corrected chi connectivity index (χ0v) is 11.0. The number of amides is 1. The number of alkyl carbamates (subject to hydrolysis) is 1. The van der Waals surface area contributed by atoms with Gasteiger partial charge in [-0.2, -0.15) is 0 Å². The maximum atomic E-state index is 11.6. The quantitative estimate of drug-likeness (QED) is 0.792. The van der Waals surface area contributed by atoms with Crippen LogP contribution in [0.5, 0.6) is 0 Å². The van der Waals surface area contributed by atoms with Gasteiger partial charge < -0.3 is 15.2 Å². The molecule has 3 rings (SSSR count). The molecule has 1 atom stereocenters. The summed E-state index contributed by atoms with van der Waals surface area (Å²) < 4.78 is 5.19. The van der Waals surface area contributed by atoms with E-state index >= 15 is 0 Å². The minimum Gasteiger partial charge on any atom is -0.444 e. The van der Waals surface area contributed by atoms with Crippen LogP contribution < -0.4 is 5.32 Å². The van der Waals surface area contributed by atoms with Crippen LogP contribution in [0.4, 0.5) is 4.79 Å². The number of carbonyl (C=O) groups is 1. The SMILES string of the molecule is CC(C)(C)OC(=O)N[C@@H](CO)CC12CC(C1)C2. The fourth-order valence-electron chi connectivity index (χ4n) is 3.07. The molecule has 0 heterocycles. The van der Waals surface area contributed by atoms with Gasteiger partial charge >= 0.3 is 6.09 Å². The molecule has 0 unspecified atom stereocenters. The minimum atomic E-state index is -0.486. The van der Waals surface area contributed by atoms with Crippen LogP contribution in [0.2, 0.25) is 0 Å². The van der Waals surface area contributed by atoms with Crippen molar-refractivity contribution in [1.82, 2.24) is 5.32 Å². The molecule has 4 nitrogen and oxygen atoms in total. The molecule has 17 heavy (non-hydrogen) atoms. The second-order valence-corrected chi connectivity index (χ2v) is 6.71. The van der Waals surface area contributed by atoms with E-state index in [1.807, 2.05) is 20.8 Å². The molecule has 0 aromatic heterocycles. The largest absolute Gasteiger partial charge is 0.444 e. The van der Waals surface area contributed by atoms with Gasteiger partial charge in [0.05, 0.1) is 12.6 Å². The van der Waals surface area contributed by atoms with Gasteiger partial charge in [-0.05, 0) is 57.8 Å². The molecule has 98 valence electrons. The molecule has 0 aliphatic heterocycles. The molecule has 4 heteroatoms. The number of ether oxygens (including phenoxy) is 1. The number of nitrogens with one attached hydrogen (secondary N) is 1. The summed E-state index contributed by atoms with van der Waals surface area (Å²) in [6, 6.07) is -0.161. The molecule has 3 fully saturated rings. The van der Waals surface area contributed by atoms with Gasteiger partial charge in [0, 0.05) is 0 Å². The monoisotopic (exact) mass is 241 g/mol. The predicted octanol–water partition coefficient (Wildman–Crippen LogP) is 2.06. The Labute approximate surface area is 103 Å². The van der Waals surface area contributed by atoms with Crippen molar-refractivity contribution < 1.29 is 14.6 Å². The van der Waals surface area contributed by atoms with Crippen LogP contribution in [0.3, 0.4) is 0 Å². The first kappa shape index (κ1) is 12.7. The van der Waals surface area contributed by atoms with Crippen LogP contribution in [0, 0.1) is 11.3 Å². The Morgan fingerprint density at radius 3 is 2.41 bits per heavy atom. The van der Waals surface area contributed by atoms with E-state index in [-0.39, 0.29) is 12.6 Å². The van der Waals surface area contributed by atoms with Gasteiger partial charge in [-0.25, -0.2) is 4.79 Å². The zero-order valence-electron chi connectivity index (χ0n) is 11.0. The second-order valence-electron chi connectivity index (χ2n) is 6.71. The molecule has 3 saturated carbocycles. The summed E-state index contributed by atoms with van der Waals surface area (Å²) >= 11 is 0. The summed E-state index contributed by atoms with van der Waals surface area (Å²) in [6.45, 7) is 5.50. The summed E-state index contributed by atoms with van der Waals surface area (Å²) in [5.74, 6) is 0.927. The number of hydrogen-bond donors (Lipinski definition) is 2. The fraction of sp³-hybridized carbons (Fsp3) is 0.923. The predicted molar refractivity (Wildman–Crippen MR) is 64.6 cm³/mol. The third kappa shape index (κ3) is 2.92. The average Bonchev–Trinajstić information content (AvgIpc) is 2.03. The molecule has 1 amide bonds. The Morgan fingerprint density at radius 2 is 2.06 bits per heavy atom. The van der Waals surface area contributed by atoms with Gasteiger partial charge in [-0.15, -0.1) is 0 Å². The number of aliphatic hydroxyl groups is 1. The third-order valence-electron chi connectivity index (χ3n) is 3.79. The van der Waals surface area contributed by atoms with Gasteiger partial charge in [0.2, 0.25) is 0 Å². The number of carbonyl (C=O) groups excluding carboxylic acids is 1. The van der Waals surface area contributed by atoms with Gasteiger partial charge in [0.1, 0.15) is 5.60 Å². The lowest BCUT2D eigenvalue weighted by atomic mass is 9.43. The molecule has 0 radical (unpaired) electrons. The van der Waals surface area contributed by atoms with Gasteiger partial charge in [0.15, 0.2) is 0 Å². The number of aliphatic hydroxyl groups excluding tert-OH is 1. The third-order valence-corrected chi connectivity index (χ3v) is 3.79. The molecule has 2 N–H and O–H groups in total. The summed E-state index contributed by atoms with van der Waals surface area (Å²) in [6.07, 6.45) is 4.29. The van der Waals surface area contributed by atoms with Crippen LogP contribution in [0.15, 0.2) is 0 Å². The Kier molecular flexibility index (Phi) is 3.10. The normalized spacial score (nSPS) is 32.1. The Bertz CT molecular complexity index is 291. The van der Waals surface area contributed by atoms with Crippen LogP contribution in [-0.4, -0.2) is 29.4 Å². The summed E-state index contributed by atoms with van der Waals surface area (Å²) in [4.78, 5) is 11.6. The van der Waals surface area contributed by atoms with Crippen molar-refractivity contribution >= 4 is 6.09 Å². The first-order chi connectivity index (χ1) is 7.82. The summed E-state index contributed by atoms with van der Waals surface area (Å²) in [5.41, 5.74) is -0.0620. The molecule has 0 aromatic carbocycles. The zero-order chi connectivity index (χ0) is 12.7. The minimum absolute atomic E-state index is 0.00827. The lowest BCUT2D eigenvalue weighted by Gasteiger charge is -2.63. The van der Waals surface area contributed by atoms with E-state index in [0.717, 1.165) is 12.3 Å². The van der Waals surface area contributed by atoms with Crippen molar-refractivity contribution in [3.05, 3.63) is 0 Å². The van der Waals surface area contributed by atoms with Crippen LogP contribution >= 0.6 is 0 Å². The highest BCUT2D eigenvalue weighted by molar-refractivity contribution is 5.68. The summed E-state index contributed by atoms with van der Waals surface area (Å²) in [5, 5.41) is 12.1. The molecule has 3 aliphatic rings. The fourth-order valence-corrected chi connectivity index (χ4v) is 3.07. The second kappa shape index (κ2) is 4.16. The van der Waals surface area contributed by atoms with Gasteiger partial charge in [-0.3, -0.25) is 0 Å². The smallest absolute Gasteiger partial charge is 0.407 e. The molecule has 3 aliphatic carbocycles. The van der Waals surface area contributed by atoms with Crippen molar-refractivity contribution in [3.8, 4) is 0 Å². The first-order valence-corrected chi connectivity index (χ1v) is 6.42. The van der Waals surface area contributed by atoms with Gasteiger partial charge in [0.25, 0.3) is 0 Å². The van der Waals surface area contributed by atoms with Crippen LogP contribution in [0.25, 0.3) is 0 Å². The van der Waals surface area contributed by atoms with Crippen molar-refractivity contribution in [1.29, 1.82) is 0 Å². The highest BCUT2D eigenvalue weighted by Crippen LogP contribution is 2.66. The van der Waals surface area contributed by atoms with Crippen LogP contribution in [0.1, 0.15) is 46.5 Å². The van der Waals surface area contributed by atoms with Crippen LogP contribution in [-0.2, 0) is 4.74 Å². The first-order valence-electron chi connectivity index (χ1n) is 6.42. The maximum absolute atomic E-state index is 11.6. The highest BCUT2D eigenvalue weighted by atomic mass is 16.6. The maximum Gasteiger partial charge on any atom is 0.407 e. The van der Waals surface area contributed by atoms with E-state index in [1.54, 1.807) is 0 Å². The van der Waals surface area contributed by atoms with Gasteiger partial charge in [-0.1, -0.05) is 0 Å². The standard InChI is InChI=1S/C13H23NO3/c1-12(2,3)17-11(16)14-10(8-15)7-13-4-9(5-13)6-13/h9-10,15H,4-8H2,1-3H3,(H,14,16)/t9?,10-,13?/m1/s1. The number of hydrogen-bond acceptors (Lipinski definition) is 3. The van der Waals surface area contributed by atoms with E-state index in [1.165, 1.54) is 19.3 Å². The molecule has 0 saturated heterocycles. The van der Waals surface area contributed by atoms with E-state index in [0.29, 0.717) is 5.41 Å². The Balaban J connectivity index is 1.76. The van der Waals surface area contributed by atoms with Crippen molar-refractivity contribution in [3.63, 3.8) is 0 Å². The number of rotatable bonds is 4. The molecule has 2 bridgehead atoms. The van der Waals surface area contributed by atoms with Crippen molar-refractivity contribution in [2.45, 2.75) is 58.1 Å². The summed E-state index contributed by atoms with van der Waals surface area (Å²) in [7, 11) is 0. The lowest BCUT2D eigenvalue weighted by molar-refractivity contribution is -0.120.